The number of nitrogens with zero attached hydrogens (tertiary/aromatic N) is 2. The van der Waals surface area contributed by atoms with Crippen molar-refractivity contribution in [3.05, 3.63) is 40.6 Å². The van der Waals surface area contributed by atoms with Crippen LogP contribution in [-0.2, 0) is 6.54 Å². The van der Waals surface area contributed by atoms with E-state index in [2.05, 4.69) is 21.0 Å². The number of rotatable bonds is 4. The number of aromatic nitrogens is 2. The van der Waals surface area contributed by atoms with Crippen molar-refractivity contribution in [2.24, 2.45) is 0 Å². The fourth-order valence-corrected chi connectivity index (χ4v) is 2.03. The summed E-state index contributed by atoms with van der Waals surface area (Å²) in [5.74, 6) is 1.57. The first-order chi connectivity index (χ1) is 8.24. The zero-order valence-electron chi connectivity index (χ0n) is 9.68. The Hall–Kier alpha value is -1.49. The van der Waals surface area contributed by atoms with Crippen LogP contribution < -0.4 is 9.47 Å². The predicted molar refractivity (Wildman–Crippen MR) is 68.6 cm³/mol. The Morgan fingerprint density at radius 3 is 2.76 bits per heavy atom. The molecule has 0 fully saturated rings. The maximum Gasteiger partial charge on any atom is 0.171 e. The van der Waals surface area contributed by atoms with Crippen LogP contribution in [0.25, 0.3) is 0 Å². The molecule has 0 aliphatic rings. The molecule has 17 heavy (non-hydrogen) atoms. The van der Waals surface area contributed by atoms with Gasteiger partial charge >= 0.3 is 0 Å². The summed E-state index contributed by atoms with van der Waals surface area (Å²) < 4.78 is 13.0. The van der Waals surface area contributed by atoms with Crippen molar-refractivity contribution in [1.82, 2.24) is 9.78 Å². The molecule has 0 radical (unpaired) electrons. The molecule has 0 saturated heterocycles. The van der Waals surface area contributed by atoms with E-state index in [-0.39, 0.29) is 0 Å². The first-order valence-corrected chi connectivity index (χ1v) is 5.92. The van der Waals surface area contributed by atoms with Gasteiger partial charge in [0.1, 0.15) is 10.4 Å². The Balaban J connectivity index is 2.22. The van der Waals surface area contributed by atoms with Gasteiger partial charge in [-0.05, 0) is 33.6 Å². The lowest BCUT2D eigenvalue weighted by Crippen LogP contribution is -2.02. The highest BCUT2D eigenvalue weighted by Gasteiger charge is 2.08. The third-order valence-electron chi connectivity index (χ3n) is 2.43. The molecule has 0 aliphatic heterocycles. The largest absolute Gasteiger partial charge is 0.497 e. The number of hydrogen-bond donors (Lipinski definition) is 0. The molecule has 2 rings (SSSR count). The number of ether oxygens (including phenoxy) is 2. The Bertz CT molecular complexity index is 511. The Kier molecular flexibility index (Phi) is 3.68. The second kappa shape index (κ2) is 5.23. The minimum absolute atomic E-state index is 0.668. The summed E-state index contributed by atoms with van der Waals surface area (Å²) in [7, 11) is 3.28. The minimum atomic E-state index is 0.668. The van der Waals surface area contributed by atoms with E-state index < -0.39 is 0 Å². The fourth-order valence-electron chi connectivity index (χ4n) is 1.54. The summed E-state index contributed by atoms with van der Waals surface area (Å²) >= 11 is 3.45. The van der Waals surface area contributed by atoms with Crippen molar-refractivity contribution in [1.29, 1.82) is 0 Å². The Morgan fingerprint density at radius 1 is 1.29 bits per heavy atom. The average molecular weight is 297 g/mol. The maximum absolute atomic E-state index is 5.18. The van der Waals surface area contributed by atoms with E-state index in [0.717, 1.165) is 21.7 Å². The molecule has 1 heterocycles. The molecule has 0 atom stereocenters. The smallest absolute Gasteiger partial charge is 0.171 e. The molecule has 0 amide bonds. The number of halogens is 1. The van der Waals surface area contributed by atoms with Crippen LogP contribution in [0.4, 0.5) is 0 Å². The average Bonchev–Trinajstić information content (AvgIpc) is 2.71. The zero-order chi connectivity index (χ0) is 12.3. The van der Waals surface area contributed by atoms with Crippen LogP contribution in [0.15, 0.2) is 35.1 Å². The normalized spacial score (nSPS) is 10.3. The molecule has 1 aromatic heterocycles. The van der Waals surface area contributed by atoms with Gasteiger partial charge in [0.15, 0.2) is 5.75 Å². The first-order valence-electron chi connectivity index (χ1n) is 5.13. The Morgan fingerprint density at radius 2 is 2.12 bits per heavy atom. The number of methoxy groups -OCH3 is 2. The van der Waals surface area contributed by atoms with Crippen LogP contribution in [0.5, 0.6) is 11.5 Å². The van der Waals surface area contributed by atoms with Crippen molar-refractivity contribution in [2.45, 2.75) is 6.54 Å². The van der Waals surface area contributed by atoms with E-state index in [1.807, 2.05) is 28.9 Å². The Labute approximate surface area is 108 Å². The molecule has 1 aromatic carbocycles. The van der Waals surface area contributed by atoms with E-state index >= 15 is 0 Å². The second-order valence-electron chi connectivity index (χ2n) is 3.51. The second-order valence-corrected chi connectivity index (χ2v) is 4.26. The van der Waals surface area contributed by atoms with E-state index in [9.17, 15) is 0 Å². The zero-order valence-corrected chi connectivity index (χ0v) is 11.3. The van der Waals surface area contributed by atoms with Gasteiger partial charge in [-0.15, -0.1) is 0 Å². The molecule has 0 aliphatic carbocycles. The first kappa shape index (κ1) is 12.0. The molecule has 2 aromatic rings. The molecule has 0 saturated carbocycles. The molecule has 4 nitrogen and oxygen atoms in total. The van der Waals surface area contributed by atoms with Crippen LogP contribution in [0, 0.1) is 0 Å². The highest BCUT2D eigenvalue weighted by Crippen LogP contribution is 2.25. The highest BCUT2D eigenvalue weighted by atomic mass is 79.9. The van der Waals surface area contributed by atoms with Gasteiger partial charge in [-0.25, -0.2) is 0 Å². The molecular weight excluding hydrogens is 284 g/mol. The lowest BCUT2D eigenvalue weighted by atomic mass is 10.2. The number of benzene rings is 1. The molecular formula is C12H13BrN2O2. The lowest BCUT2D eigenvalue weighted by molar-refractivity contribution is 0.410. The molecule has 0 N–H and O–H groups in total. The summed E-state index contributed by atoms with van der Waals surface area (Å²) in [6, 6.07) is 7.90. The summed E-state index contributed by atoms with van der Waals surface area (Å²) in [6.45, 7) is 0.668. The van der Waals surface area contributed by atoms with Crippen LogP contribution in [0.1, 0.15) is 5.56 Å². The molecule has 5 heteroatoms. The number of hydrogen-bond acceptors (Lipinski definition) is 3. The third kappa shape index (κ3) is 2.61. The predicted octanol–water partition coefficient (Wildman–Crippen LogP) is 2.71. The molecule has 90 valence electrons. The lowest BCUT2D eigenvalue weighted by Gasteiger charge is -2.06. The quantitative estimate of drug-likeness (QED) is 0.870. The van der Waals surface area contributed by atoms with Gasteiger partial charge in [0.2, 0.25) is 0 Å². The summed E-state index contributed by atoms with van der Waals surface area (Å²) in [6.07, 6.45) is 1.68. The van der Waals surface area contributed by atoms with E-state index in [4.69, 9.17) is 9.47 Å². The van der Waals surface area contributed by atoms with Crippen LogP contribution >= 0.6 is 15.9 Å². The van der Waals surface area contributed by atoms with Crippen LogP contribution in [-0.4, -0.2) is 24.0 Å². The minimum Gasteiger partial charge on any atom is -0.497 e. The monoisotopic (exact) mass is 296 g/mol. The van der Waals surface area contributed by atoms with Crippen molar-refractivity contribution < 1.29 is 9.47 Å². The highest BCUT2D eigenvalue weighted by molar-refractivity contribution is 9.10. The van der Waals surface area contributed by atoms with Crippen molar-refractivity contribution in [3.8, 4) is 11.5 Å². The maximum atomic E-state index is 5.18. The fraction of sp³-hybridized carbons (Fsp3) is 0.250. The van der Waals surface area contributed by atoms with Crippen molar-refractivity contribution in [2.75, 3.05) is 14.2 Å². The molecule has 0 spiro atoms. The van der Waals surface area contributed by atoms with E-state index in [1.54, 1.807) is 20.4 Å². The van der Waals surface area contributed by atoms with E-state index in [1.165, 1.54) is 0 Å². The van der Waals surface area contributed by atoms with Gasteiger partial charge < -0.3 is 9.47 Å². The van der Waals surface area contributed by atoms with Gasteiger partial charge in [0.25, 0.3) is 0 Å². The van der Waals surface area contributed by atoms with Crippen LogP contribution in [0.2, 0.25) is 0 Å². The summed E-state index contributed by atoms with van der Waals surface area (Å²) in [4.78, 5) is 0. The summed E-state index contributed by atoms with van der Waals surface area (Å²) in [5.41, 5.74) is 1.12. The third-order valence-corrected chi connectivity index (χ3v) is 3.23. The topological polar surface area (TPSA) is 36.3 Å². The van der Waals surface area contributed by atoms with Crippen molar-refractivity contribution >= 4 is 15.9 Å². The van der Waals surface area contributed by atoms with Gasteiger partial charge in [-0.3, -0.25) is 4.68 Å². The SMILES string of the molecule is COc1cccc(Cn2ncc(OC)c2Br)c1. The molecule has 0 unspecified atom stereocenters. The van der Waals surface area contributed by atoms with E-state index in [0.29, 0.717) is 6.54 Å². The van der Waals surface area contributed by atoms with Gasteiger partial charge in [0, 0.05) is 0 Å². The standard InChI is InChI=1S/C12H13BrN2O2/c1-16-10-5-3-4-9(6-10)8-15-12(13)11(17-2)7-14-15/h3-7H,8H2,1-2H3. The van der Waals surface area contributed by atoms with Gasteiger partial charge in [-0.1, -0.05) is 12.1 Å². The van der Waals surface area contributed by atoms with Crippen molar-refractivity contribution in [3.63, 3.8) is 0 Å². The van der Waals surface area contributed by atoms with Gasteiger partial charge in [0.05, 0.1) is 27.0 Å². The molecule has 0 bridgehead atoms. The summed E-state index contributed by atoms with van der Waals surface area (Å²) in [5, 5.41) is 4.24. The van der Waals surface area contributed by atoms with Crippen LogP contribution in [0.3, 0.4) is 0 Å². The van der Waals surface area contributed by atoms with Gasteiger partial charge in [-0.2, -0.15) is 5.10 Å².